The van der Waals surface area contributed by atoms with E-state index in [0.29, 0.717) is 24.8 Å². The minimum Gasteiger partial charge on any atom is -0.492 e. The molecule has 0 aliphatic carbocycles. The maximum Gasteiger partial charge on any atom is 0.141 e. The fourth-order valence-corrected chi connectivity index (χ4v) is 3.04. The molecule has 0 fully saturated rings. The summed E-state index contributed by atoms with van der Waals surface area (Å²) in [5.74, 6) is 1.53. The number of oxime groups is 1. The lowest BCUT2D eigenvalue weighted by Crippen LogP contribution is -2.03. The lowest BCUT2D eigenvalue weighted by atomic mass is 10.1. The van der Waals surface area contributed by atoms with E-state index in [1.807, 2.05) is 32.1 Å². The van der Waals surface area contributed by atoms with Gasteiger partial charge in [-0.05, 0) is 95.5 Å². The number of nitrogens with zero attached hydrogens (tertiary/aromatic N) is 1. The molecule has 0 N–H and O–H groups in total. The van der Waals surface area contributed by atoms with Gasteiger partial charge in [-0.3, -0.25) is 0 Å². The average molecular weight is 540 g/mol. The maximum atomic E-state index is 6.47. The lowest BCUT2D eigenvalue weighted by molar-refractivity contribution is 0.139. The molecule has 0 saturated heterocycles. The van der Waals surface area contributed by atoms with Crippen LogP contribution in [-0.2, 0) is 11.3 Å². The zero-order chi connectivity index (χ0) is 20.8. The molecule has 1 aromatic carbocycles. The molecule has 4 nitrogen and oxygen atoms in total. The Labute approximate surface area is 190 Å². The summed E-state index contributed by atoms with van der Waals surface area (Å²) >= 11 is 13.1. The Hall–Kier alpha value is -0.720. The Kier molecular flexibility index (Phi) is 13.7. The molecule has 0 radical (unpaired) electrons. The highest BCUT2D eigenvalue weighted by molar-refractivity contribution is 9.28. The highest BCUT2D eigenvalue weighted by atomic mass is 79.9. The van der Waals surface area contributed by atoms with E-state index in [-0.39, 0.29) is 0 Å². The van der Waals surface area contributed by atoms with Gasteiger partial charge in [0, 0.05) is 6.07 Å². The van der Waals surface area contributed by atoms with Gasteiger partial charge in [0.25, 0.3) is 0 Å². The SMILES string of the molecule is CCCc1cc(OCC=C(Br)Br)cc(Cl)c1OCCCCCCON=C(C)C. The molecular weight excluding hydrogens is 509 g/mol. The Morgan fingerprint density at radius 3 is 2.43 bits per heavy atom. The molecule has 0 aliphatic heterocycles. The summed E-state index contributed by atoms with van der Waals surface area (Å²) in [7, 11) is 0. The van der Waals surface area contributed by atoms with E-state index in [2.05, 4.69) is 43.9 Å². The lowest BCUT2D eigenvalue weighted by Gasteiger charge is -2.15. The van der Waals surface area contributed by atoms with Crippen molar-refractivity contribution in [3.8, 4) is 11.5 Å². The molecule has 0 heterocycles. The third-order valence-corrected chi connectivity index (χ3v) is 4.65. The molecule has 0 aromatic heterocycles. The molecule has 0 unspecified atom stereocenters. The summed E-state index contributed by atoms with van der Waals surface area (Å²) in [4.78, 5) is 5.20. The number of hydrogen-bond donors (Lipinski definition) is 0. The van der Waals surface area contributed by atoms with Crippen molar-refractivity contribution in [1.82, 2.24) is 0 Å². The van der Waals surface area contributed by atoms with Gasteiger partial charge in [-0.1, -0.05) is 30.1 Å². The third kappa shape index (κ3) is 11.3. The molecule has 7 heteroatoms. The molecule has 1 rings (SSSR count). The van der Waals surface area contributed by atoms with Crippen LogP contribution in [0.4, 0.5) is 0 Å². The van der Waals surface area contributed by atoms with Gasteiger partial charge in [0.15, 0.2) is 0 Å². The smallest absolute Gasteiger partial charge is 0.141 e. The largest absolute Gasteiger partial charge is 0.492 e. The molecule has 0 bridgehead atoms. The van der Waals surface area contributed by atoms with E-state index in [1.54, 1.807) is 0 Å². The van der Waals surface area contributed by atoms with E-state index in [0.717, 1.165) is 64.7 Å². The average Bonchev–Trinajstić information content (AvgIpc) is 2.61. The molecule has 1 aromatic rings. The second-order valence-corrected chi connectivity index (χ2v) is 9.76. The van der Waals surface area contributed by atoms with Gasteiger partial charge in [0.1, 0.15) is 24.7 Å². The predicted octanol–water partition coefficient (Wildman–Crippen LogP) is 7.65. The molecule has 0 amide bonds. The van der Waals surface area contributed by atoms with Crippen LogP contribution >= 0.6 is 43.5 Å². The zero-order valence-corrected chi connectivity index (χ0v) is 20.8. The molecule has 0 spiro atoms. The Bertz CT molecular complexity index is 643. The number of benzene rings is 1. The van der Waals surface area contributed by atoms with Crippen molar-refractivity contribution in [3.05, 3.63) is 32.2 Å². The standard InChI is InChI=1S/C21H30Br2ClNO3/c1-4-9-17-14-18(26-13-10-20(22)23)15-19(24)21(17)27-11-7-5-6-8-12-28-25-16(2)3/h10,14-15H,4-9,11-13H2,1-3H3. The van der Waals surface area contributed by atoms with Crippen molar-refractivity contribution < 1.29 is 14.3 Å². The summed E-state index contributed by atoms with van der Waals surface area (Å²) in [6.07, 6.45) is 7.98. The Morgan fingerprint density at radius 2 is 1.79 bits per heavy atom. The van der Waals surface area contributed by atoms with Gasteiger partial charge in [0.05, 0.1) is 20.7 Å². The minimum atomic E-state index is 0.459. The van der Waals surface area contributed by atoms with Crippen molar-refractivity contribution in [2.75, 3.05) is 19.8 Å². The monoisotopic (exact) mass is 537 g/mol. The van der Waals surface area contributed by atoms with Gasteiger partial charge in [0.2, 0.25) is 0 Å². The Balaban J connectivity index is 2.46. The van der Waals surface area contributed by atoms with Crippen molar-refractivity contribution in [1.29, 1.82) is 0 Å². The maximum absolute atomic E-state index is 6.47. The first-order valence-electron chi connectivity index (χ1n) is 9.66. The summed E-state index contributed by atoms with van der Waals surface area (Å²) in [5, 5.41) is 4.53. The van der Waals surface area contributed by atoms with E-state index >= 15 is 0 Å². The first-order valence-corrected chi connectivity index (χ1v) is 11.6. The Morgan fingerprint density at radius 1 is 1.07 bits per heavy atom. The van der Waals surface area contributed by atoms with Crippen LogP contribution in [0.3, 0.4) is 0 Å². The van der Waals surface area contributed by atoms with Crippen molar-refractivity contribution in [2.24, 2.45) is 5.16 Å². The minimum absolute atomic E-state index is 0.459. The number of hydrogen-bond acceptors (Lipinski definition) is 4. The molecule has 158 valence electrons. The molecule has 0 atom stereocenters. The highest BCUT2D eigenvalue weighted by Crippen LogP contribution is 2.34. The number of ether oxygens (including phenoxy) is 2. The fourth-order valence-electron chi connectivity index (χ4n) is 2.49. The van der Waals surface area contributed by atoms with Crippen molar-refractivity contribution in [2.45, 2.75) is 59.3 Å². The summed E-state index contributed by atoms with van der Waals surface area (Å²) in [6.45, 7) is 7.77. The number of aryl methyl sites for hydroxylation is 1. The van der Waals surface area contributed by atoms with Gasteiger partial charge in [-0.2, -0.15) is 0 Å². The zero-order valence-electron chi connectivity index (χ0n) is 16.9. The summed E-state index contributed by atoms with van der Waals surface area (Å²) in [6, 6.07) is 3.84. The van der Waals surface area contributed by atoms with Crippen molar-refractivity contribution in [3.63, 3.8) is 0 Å². The van der Waals surface area contributed by atoms with Gasteiger partial charge < -0.3 is 14.3 Å². The summed E-state index contributed by atoms with van der Waals surface area (Å²) < 4.78 is 12.6. The highest BCUT2D eigenvalue weighted by Gasteiger charge is 2.11. The normalized spacial score (nSPS) is 10.4. The second kappa shape index (κ2) is 15.2. The number of unbranched alkanes of at least 4 members (excludes halogenated alkanes) is 3. The van der Waals surface area contributed by atoms with Gasteiger partial charge in [-0.25, -0.2) is 0 Å². The topological polar surface area (TPSA) is 40.0 Å². The van der Waals surface area contributed by atoms with E-state index in [1.165, 1.54) is 0 Å². The molecule has 0 saturated carbocycles. The van der Waals surface area contributed by atoms with Crippen LogP contribution < -0.4 is 9.47 Å². The van der Waals surface area contributed by atoms with Crippen LogP contribution in [0.1, 0.15) is 58.4 Å². The molecule has 0 aliphatic rings. The molecule has 28 heavy (non-hydrogen) atoms. The molecular formula is C21H30Br2ClNO3. The summed E-state index contributed by atoms with van der Waals surface area (Å²) in [5.41, 5.74) is 2.03. The van der Waals surface area contributed by atoms with Crippen LogP contribution in [0.15, 0.2) is 26.8 Å². The van der Waals surface area contributed by atoms with E-state index in [4.69, 9.17) is 25.9 Å². The van der Waals surface area contributed by atoms with Crippen molar-refractivity contribution >= 4 is 49.2 Å². The third-order valence-electron chi connectivity index (χ3n) is 3.72. The van der Waals surface area contributed by atoms with Crippen LogP contribution in [0.2, 0.25) is 5.02 Å². The van der Waals surface area contributed by atoms with Crippen LogP contribution in [0.25, 0.3) is 0 Å². The van der Waals surface area contributed by atoms with E-state index < -0.39 is 0 Å². The predicted molar refractivity (Wildman–Crippen MR) is 126 cm³/mol. The van der Waals surface area contributed by atoms with Gasteiger partial charge >= 0.3 is 0 Å². The van der Waals surface area contributed by atoms with E-state index in [9.17, 15) is 0 Å². The van der Waals surface area contributed by atoms with Crippen LogP contribution in [-0.4, -0.2) is 25.5 Å². The first kappa shape index (κ1) is 25.3. The number of rotatable bonds is 14. The van der Waals surface area contributed by atoms with Crippen LogP contribution in [0.5, 0.6) is 11.5 Å². The first-order chi connectivity index (χ1) is 13.4. The van der Waals surface area contributed by atoms with Gasteiger partial charge in [-0.15, -0.1) is 0 Å². The second-order valence-electron chi connectivity index (χ2n) is 6.58. The fraction of sp³-hybridized carbons (Fsp3) is 0.571. The van der Waals surface area contributed by atoms with Crippen LogP contribution in [0, 0.1) is 0 Å². The quantitative estimate of drug-likeness (QED) is 0.138. The number of halogens is 3.